The molecule has 1 fully saturated rings. The highest BCUT2D eigenvalue weighted by Gasteiger charge is 2.21. The summed E-state index contributed by atoms with van der Waals surface area (Å²) in [4.78, 5) is 24.2. The van der Waals surface area contributed by atoms with Crippen LogP contribution in [0.3, 0.4) is 0 Å². The van der Waals surface area contributed by atoms with E-state index in [0.29, 0.717) is 17.7 Å². The Morgan fingerprint density at radius 2 is 1.92 bits per heavy atom. The molecule has 2 N–H and O–H groups in total. The molecule has 2 aliphatic rings. The first-order valence-corrected chi connectivity index (χ1v) is 9.07. The first-order valence-electron chi connectivity index (χ1n) is 9.07. The molecule has 0 bridgehead atoms. The van der Waals surface area contributed by atoms with Gasteiger partial charge in [-0.3, -0.25) is 9.59 Å². The third-order valence-electron chi connectivity index (χ3n) is 5.15. The van der Waals surface area contributed by atoms with E-state index in [9.17, 15) is 9.59 Å². The monoisotopic (exact) mass is 342 g/mol. The number of methoxy groups -OCH3 is 1. The van der Waals surface area contributed by atoms with Crippen molar-refractivity contribution in [2.45, 2.75) is 57.9 Å². The molecule has 1 aromatic rings. The average molecular weight is 342 g/mol. The Balaban J connectivity index is 1.73. The molecule has 3 rings (SSSR count). The highest BCUT2D eigenvalue weighted by atomic mass is 16.5. The van der Waals surface area contributed by atoms with E-state index >= 15 is 0 Å². The van der Waals surface area contributed by atoms with Crippen LogP contribution in [0.15, 0.2) is 29.5 Å². The molecule has 5 nitrogen and oxygen atoms in total. The second-order valence-electron chi connectivity index (χ2n) is 6.88. The van der Waals surface area contributed by atoms with Gasteiger partial charge in [0, 0.05) is 35.5 Å². The number of benzene rings is 1. The molecule has 0 radical (unpaired) electrons. The molecule has 134 valence electrons. The predicted molar refractivity (Wildman–Crippen MR) is 97.9 cm³/mol. The number of Topliss-reactive ketones (excluding diaryl/α,β-unsaturated/α-hetero) is 1. The normalized spacial score (nSPS) is 18.4. The van der Waals surface area contributed by atoms with Gasteiger partial charge in [0.25, 0.3) is 5.91 Å². The maximum atomic E-state index is 12.6. The molecule has 0 unspecified atom stereocenters. The third kappa shape index (κ3) is 4.03. The van der Waals surface area contributed by atoms with Crippen LogP contribution in [0.1, 0.15) is 62.2 Å². The maximum absolute atomic E-state index is 12.6. The molecule has 0 heterocycles. The van der Waals surface area contributed by atoms with Gasteiger partial charge in [-0.2, -0.15) is 0 Å². The zero-order valence-electron chi connectivity index (χ0n) is 15.0. The van der Waals surface area contributed by atoms with E-state index in [-0.39, 0.29) is 17.7 Å². The Hall–Kier alpha value is -2.30. The third-order valence-corrected chi connectivity index (χ3v) is 5.15. The lowest BCUT2D eigenvalue weighted by Crippen LogP contribution is -2.36. The lowest BCUT2D eigenvalue weighted by Gasteiger charge is -2.23. The molecule has 0 aliphatic heterocycles. The van der Waals surface area contributed by atoms with Gasteiger partial charge in [-0.1, -0.05) is 19.3 Å². The lowest BCUT2D eigenvalue weighted by atomic mass is 9.95. The van der Waals surface area contributed by atoms with Crippen LogP contribution in [-0.4, -0.2) is 24.8 Å². The molecule has 1 saturated carbocycles. The van der Waals surface area contributed by atoms with Gasteiger partial charge >= 0.3 is 0 Å². The Labute approximate surface area is 148 Å². The van der Waals surface area contributed by atoms with Crippen LogP contribution in [0, 0.1) is 0 Å². The summed E-state index contributed by atoms with van der Waals surface area (Å²) in [5.74, 6) is 0.653. The van der Waals surface area contributed by atoms with Gasteiger partial charge in [0.15, 0.2) is 5.78 Å². The van der Waals surface area contributed by atoms with Gasteiger partial charge in [0.05, 0.1) is 12.7 Å². The van der Waals surface area contributed by atoms with Crippen LogP contribution in [0.25, 0.3) is 0 Å². The van der Waals surface area contributed by atoms with Gasteiger partial charge in [-0.25, -0.2) is 0 Å². The number of hydrogen-bond acceptors (Lipinski definition) is 4. The summed E-state index contributed by atoms with van der Waals surface area (Å²) in [6.45, 7) is 1.85. The summed E-state index contributed by atoms with van der Waals surface area (Å²) in [7, 11) is 1.57. The summed E-state index contributed by atoms with van der Waals surface area (Å²) < 4.78 is 5.42. The Bertz CT molecular complexity index is 703. The predicted octanol–water partition coefficient (Wildman–Crippen LogP) is 3.81. The largest absolute Gasteiger partial charge is 0.496 e. The minimum atomic E-state index is -0.0817. The van der Waals surface area contributed by atoms with E-state index in [0.717, 1.165) is 36.2 Å². The van der Waals surface area contributed by atoms with Crippen molar-refractivity contribution < 1.29 is 14.3 Å². The number of ketones is 1. The van der Waals surface area contributed by atoms with Crippen molar-refractivity contribution in [1.29, 1.82) is 0 Å². The van der Waals surface area contributed by atoms with Crippen molar-refractivity contribution in [2.24, 2.45) is 0 Å². The smallest absolute Gasteiger partial charge is 0.255 e. The fourth-order valence-electron chi connectivity index (χ4n) is 3.58. The highest BCUT2D eigenvalue weighted by molar-refractivity contribution is 5.99. The molecule has 0 aromatic heterocycles. The molecule has 5 heteroatoms. The summed E-state index contributed by atoms with van der Waals surface area (Å²) in [5.41, 5.74) is 3.12. The van der Waals surface area contributed by atoms with Gasteiger partial charge in [-0.15, -0.1) is 0 Å². The Morgan fingerprint density at radius 3 is 2.56 bits per heavy atom. The molecule has 2 aliphatic carbocycles. The topological polar surface area (TPSA) is 67.4 Å². The first kappa shape index (κ1) is 17.5. The quantitative estimate of drug-likeness (QED) is 0.854. The number of nitrogens with one attached hydrogen (secondary N) is 2. The fraction of sp³-hybridized carbons (Fsp3) is 0.500. The van der Waals surface area contributed by atoms with E-state index in [1.807, 2.05) is 19.1 Å². The Morgan fingerprint density at radius 1 is 1.16 bits per heavy atom. The van der Waals surface area contributed by atoms with Crippen LogP contribution in [0.2, 0.25) is 0 Å². The number of amides is 1. The Kier molecular flexibility index (Phi) is 5.41. The van der Waals surface area contributed by atoms with Gasteiger partial charge in [-0.05, 0) is 38.3 Å². The number of carbonyl (C=O) groups excluding carboxylic acids is 2. The summed E-state index contributed by atoms with van der Waals surface area (Å²) in [6, 6.07) is 5.73. The van der Waals surface area contributed by atoms with E-state index in [1.54, 1.807) is 13.2 Å². The highest BCUT2D eigenvalue weighted by Crippen LogP contribution is 2.28. The molecular formula is C20H26N2O3. The van der Waals surface area contributed by atoms with Gasteiger partial charge < -0.3 is 15.4 Å². The fourth-order valence-corrected chi connectivity index (χ4v) is 3.58. The van der Waals surface area contributed by atoms with E-state index in [4.69, 9.17) is 4.74 Å². The number of hydrogen-bond donors (Lipinski definition) is 2. The number of anilines is 1. The number of ether oxygens (including phenoxy) is 1. The number of rotatable bonds is 5. The lowest BCUT2D eigenvalue weighted by molar-refractivity contribution is -0.114. The van der Waals surface area contributed by atoms with Gasteiger partial charge in [0.1, 0.15) is 5.75 Å². The van der Waals surface area contributed by atoms with Crippen LogP contribution in [0.5, 0.6) is 5.75 Å². The van der Waals surface area contributed by atoms with E-state index in [1.165, 1.54) is 19.3 Å². The van der Waals surface area contributed by atoms with Crippen molar-refractivity contribution in [3.8, 4) is 5.75 Å². The number of allylic oxidation sites excluding steroid dienone is 2. The van der Waals surface area contributed by atoms with Crippen molar-refractivity contribution in [3.63, 3.8) is 0 Å². The zero-order chi connectivity index (χ0) is 17.8. The summed E-state index contributed by atoms with van der Waals surface area (Å²) >= 11 is 0. The molecule has 0 saturated heterocycles. The van der Waals surface area contributed by atoms with Crippen LogP contribution in [-0.2, 0) is 4.79 Å². The van der Waals surface area contributed by atoms with E-state index < -0.39 is 0 Å². The van der Waals surface area contributed by atoms with Crippen molar-refractivity contribution in [2.75, 3.05) is 12.4 Å². The van der Waals surface area contributed by atoms with E-state index in [2.05, 4.69) is 10.6 Å². The molecular weight excluding hydrogens is 316 g/mol. The van der Waals surface area contributed by atoms with Gasteiger partial charge in [0.2, 0.25) is 0 Å². The first-order chi connectivity index (χ1) is 12.1. The maximum Gasteiger partial charge on any atom is 0.255 e. The van der Waals surface area contributed by atoms with Crippen LogP contribution >= 0.6 is 0 Å². The molecule has 1 aromatic carbocycles. The van der Waals surface area contributed by atoms with Crippen molar-refractivity contribution in [1.82, 2.24) is 5.32 Å². The molecule has 1 amide bonds. The summed E-state index contributed by atoms with van der Waals surface area (Å²) in [5, 5.41) is 6.41. The number of carbonyl (C=O) groups is 2. The van der Waals surface area contributed by atoms with Crippen molar-refractivity contribution >= 4 is 17.4 Å². The minimum absolute atomic E-state index is 0.0817. The second kappa shape index (κ2) is 7.72. The zero-order valence-corrected chi connectivity index (χ0v) is 15.0. The van der Waals surface area contributed by atoms with Crippen molar-refractivity contribution in [3.05, 3.63) is 35.0 Å². The second-order valence-corrected chi connectivity index (χ2v) is 6.88. The molecule has 0 atom stereocenters. The average Bonchev–Trinajstić information content (AvgIpc) is 2.94. The van der Waals surface area contributed by atoms with Crippen LogP contribution in [0.4, 0.5) is 5.69 Å². The SMILES string of the molecule is COc1cc(NC2=C(C)C(=O)CC2)ccc1C(=O)NC1CCCCC1. The minimum Gasteiger partial charge on any atom is -0.496 e. The standard InChI is InChI=1S/C20H26N2O3/c1-13-17(10-11-18(13)23)21-15-8-9-16(19(12-15)25-2)20(24)22-14-6-4-3-5-7-14/h8-9,12,14,21H,3-7,10-11H2,1-2H3,(H,22,24). The molecule has 25 heavy (non-hydrogen) atoms. The summed E-state index contributed by atoms with van der Waals surface area (Å²) in [6.07, 6.45) is 7.01. The molecule has 0 spiro atoms. The van der Waals surface area contributed by atoms with Crippen LogP contribution < -0.4 is 15.4 Å².